The lowest BCUT2D eigenvalue weighted by molar-refractivity contribution is 0.252. The number of hydrogen-bond donors (Lipinski definition) is 3. The molecule has 0 unspecified atom stereocenters. The summed E-state index contributed by atoms with van der Waals surface area (Å²) in [5.41, 5.74) is 9.17. The van der Waals surface area contributed by atoms with Crippen molar-refractivity contribution >= 4 is 11.7 Å². The van der Waals surface area contributed by atoms with Gasteiger partial charge in [-0.15, -0.1) is 0 Å². The number of carbonyl (C=O) groups excluding carboxylic acids is 1. The summed E-state index contributed by atoms with van der Waals surface area (Å²) in [7, 11) is 0. The predicted molar refractivity (Wildman–Crippen MR) is 86.6 cm³/mol. The second-order valence-corrected chi connectivity index (χ2v) is 5.10. The maximum Gasteiger partial charge on any atom is 0.319 e. The van der Waals surface area contributed by atoms with Gasteiger partial charge in [0.15, 0.2) is 0 Å². The average Bonchev–Trinajstić information content (AvgIpc) is 2.47. The molecule has 2 aromatic rings. The Morgan fingerprint density at radius 3 is 2.36 bits per heavy atom. The van der Waals surface area contributed by atoms with Gasteiger partial charge in [-0.3, -0.25) is 0 Å². The van der Waals surface area contributed by atoms with Crippen LogP contribution in [-0.4, -0.2) is 22.5 Å². The van der Waals surface area contributed by atoms with Crippen LogP contribution in [0.15, 0.2) is 30.3 Å². The molecule has 0 atom stereocenters. The largest absolute Gasteiger partial charge is 0.337 e. The third-order valence-corrected chi connectivity index (χ3v) is 3.11. The molecule has 0 bridgehead atoms. The highest BCUT2D eigenvalue weighted by molar-refractivity contribution is 5.89. The summed E-state index contributed by atoms with van der Waals surface area (Å²) in [6, 6.07) is 9.11. The molecule has 0 radical (unpaired) electrons. The molecule has 1 heterocycles. The summed E-state index contributed by atoms with van der Waals surface area (Å²) in [5.74, 6) is 0.741. The zero-order valence-electron chi connectivity index (χ0n) is 12.9. The number of nitrogens with zero attached hydrogens (tertiary/aromatic N) is 2. The highest BCUT2D eigenvalue weighted by atomic mass is 16.2. The third kappa shape index (κ3) is 4.82. The first-order valence-electron chi connectivity index (χ1n) is 7.22. The van der Waals surface area contributed by atoms with Crippen molar-refractivity contribution < 1.29 is 4.79 Å². The van der Waals surface area contributed by atoms with Crippen molar-refractivity contribution in [3.05, 3.63) is 53.1 Å². The number of nitrogens with two attached hydrogens (primary N) is 1. The van der Waals surface area contributed by atoms with Crippen LogP contribution in [0.3, 0.4) is 0 Å². The van der Waals surface area contributed by atoms with E-state index in [0.717, 1.165) is 28.5 Å². The molecule has 0 saturated carbocycles. The van der Waals surface area contributed by atoms with Crippen LogP contribution in [0.5, 0.6) is 0 Å². The Balaban J connectivity index is 1.79. The molecule has 4 N–H and O–H groups in total. The maximum absolute atomic E-state index is 11.8. The normalized spacial score (nSPS) is 10.3. The SMILES string of the molecule is Cc1cc(C)nc(CCNC(=O)Nc2ccc(CN)cc2)n1. The van der Waals surface area contributed by atoms with Crippen molar-refractivity contribution in [2.75, 3.05) is 11.9 Å². The number of amides is 2. The summed E-state index contributed by atoms with van der Waals surface area (Å²) in [6.45, 7) is 4.84. The summed E-state index contributed by atoms with van der Waals surface area (Å²) >= 11 is 0. The molecule has 0 fully saturated rings. The van der Waals surface area contributed by atoms with E-state index in [0.29, 0.717) is 19.5 Å². The van der Waals surface area contributed by atoms with Gasteiger partial charge in [0.25, 0.3) is 0 Å². The Morgan fingerprint density at radius 2 is 1.77 bits per heavy atom. The average molecular weight is 299 g/mol. The van der Waals surface area contributed by atoms with E-state index in [1.54, 1.807) is 0 Å². The first-order valence-corrected chi connectivity index (χ1v) is 7.22. The van der Waals surface area contributed by atoms with Gasteiger partial charge in [-0.2, -0.15) is 0 Å². The van der Waals surface area contributed by atoms with Crippen molar-refractivity contribution in [1.82, 2.24) is 15.3 Å². The van der Waals surface area contributed by atoms with Gasteiger partial charge in [-0.05, 0) is 37.6 Å². The quantitative estimate of drug-likeness (QED) is 0.786. The van der Waals surface area contributed by atoms with E-state index in [1.165, 1.54) is 0 Å². The van der Waals surface area contributed by atoms with Gasteiger partial charge in [-0.1, -0.05) is 12.1 Å². The highest BCUT2D eigenvalue weighted by Crippen LogP contribution is 2.08. The summed E-state index contributed by atoms with van der Waals surface area (Å²) in [6.07, 6.45) is 0.599. The Kier molecular flexibility index (Phi) is 5.43. The van der Waals surface area contributed by atoms with Gasteiger partial charge in [0.2, 0.25) is 0 Å². The number of anilines is 1. The molecular weight excluding hydrogens is 278 g/mol. The number of benzene rings is 1. The molecule has 0 aliphatic rings. The lowest BCUT2D eigenvalue weighted by Crippen LogP contribution is -2.30. The first kappa shape index (κ1) is 15.9. The number of urea groups is 1. The predicted octanol–water partition coefficient (Wildman–Crippen LogP) is 1.92. The van der Waals surface area contributed by atoms with E-state index in [-0.39, 0.29) is 6.03 Å². The molecular formula is C16H21N5O. The van der Waals surface area contributed by atoms with Crippen molar-refractivity contribution in [1.29, 1.82) is 0 Å². The molecule has 6 heteroatoms. The van der Waals surface area contributed by atoms with Crippen molar-refractivity contribution in [2.24, 2.45) is 5.73 Å². The smallest absolute Gasteiger partial charge is 0.319 e. The molecule has 116 valence electrons. The Morgan fingerprint density at radius 1 is 1.14 bits per heavy atom. The van der Waals surface area contributed by atoms with Gasteiger partial charge in [0.05, 0.1) is 0 Å². The highest BCUT2D eigenvalue weighted by Gasteiger charge is 2.03. The summed E-state index contributed by atoms with van der Waals surface area (Å²) < 4.78 is 0. The van der Waals surface area contributed by atoms with Gasteiger partial charge in [0, 0.05) is 36.6 Å². The molecule has 22 heavy (non-hydrogen) atoms. The number of carbonyl (C=O) groups is 1. The molecule has 0 aliphatic heterocycles. The van der Waals surface area contributed by atoms with Crippen molar-refractivity contribution in [3.63, 3.8) is 0 Å². The van der Waals surface area contributed by atoms with Crippen LogP contribution < -0.4 is 16.4 Å². The fourth-order valence-electron chi connectivity index (χ4n) is 2.10. The van der Waals surface area contributed by atoms with Crippen LogP contribution in [0, 0.1) is 13.8 Å². The molecule has 0 spiro atoms. The molecule has 6 nitrogen and oxygen atoms in total. The van der Waals surface area contributed by atoms with Crippen LogP contribution in [0.4, 0.5) is 10.5 Å². The lowest BCUT2D eigenvalue weighted by atomic mass is 10.2. The number of aryl methyl sites for hydroxylation is 2. The molecule has 0 saturated heterocycles. The number of nitrogens with one attached hydrogen (secondary N) is 2. The number of rotatable bonds is 5. The number of aromatic nitrogens is 2. The summed E-state index contributed by atoms with van der Waals surface area (Å²) in [4.78, 5) is 20.5. The van der Waals surface area contributed by atoms with E-state index < -0.39 is 0 Å². The fraction of sp³-hybridized carbons (Fsp3) is 0.312. The molecule has 1 aromatic heterocycles. The Hall–Kier alpha value is -2.47. The van der Waals surface area contributed by atoms with E-state index in [2.05, 4.69) is 20.6 Å². The summed E-state index contributed by atoms with van der Waals surface area (Å²) in [5, 5.41) is 5.56. The Labute approximate surface area is 130 Å². The second kappa shape index (κ2) is 7.51. The topological polar surface area (TPSA) is 92.9 Å². The van der Waals surface area contributed by atoms with Gasteiger partial charge >= 0.3 is 6.03 Å². The van der Waals surface area contributed by atoms with Crippen LogP contribution in [0.2, 0.25) is 0 Å². The fourth-order valence-corrected chi connectivity index (χ4v) is 2.10. The molecule has 2 rings (SSSR count). The monoisotopic (exact) mass is 299 g/mol. The van der Waals surface area contributed by atoms with Gasteiger partial charge in [-0.25, -0.2) is 14.8 Å². The zero-order valence-corrected chi connectivity index (χ0v) is 12.9. The van der Waals surface area contributed by atoms with Crippen LogP contribution in [0.25, 0.3) is 0 Å². The maximum atomic E-state index is 11.8. The van der Waals surface area contributed by atoms with Crippen LogP contribution in [-0.2, 0) is 13.0 Å². The van der Waals surface area contributed by atoms with Crippen molar-refractivity contribution in [3.8, 4) is 0 Å². The standard InChI is InChI=1S/C16H21N5O/c1-11-9-12(2)20-15(19-11)7-8-18-16(22)21-14-5-3-13(10-17)4-6-14/h3-6,9H,7-8,10,17H2,1-2H3,(H2,18,21,22). The second-order valence-electron chi connectivity index (χ2n) is 5.10. The molecule has 1 aromatic carbocycles. The van der Waals surface area contributed by atoms with Crippen LogP contribution in [0.1, 0.15) is 22.8 Å². The lowest BCUT2D eigenvalue weighted by Gasteiger charge is -2.08. The number of hydrogen-bond acceptors (Lipinski definition) is 4. The van der Waals surface area contributed by atoms with E-state index in [9.17, 15) is 4.79 Å². The minimum absolute atomic E-state index is 0.245. The Bertz CT molecular complexity index is 619. The first-order chi connectivity index (χ1) is 10.6. The van der Waals surface area contributed by atoms with Gasteiger partial charge < -0.3 is 16.4 Å². The minimum Gasteiger partial charge on any atom is -0.337 e. The van der Waals surface area contributed by atoms with E-state index in [1.807, 2.05) is 44.2 Å². The van der Waals surface area contributed by atoms with Crippen LogP contribution >= 0.6 is 0 Å². The van der Waals surface area contributed by atoms with Gasteiger partial charge in [0.1, 0.15) is 5.82 Å². The molecule has 0 aliphatic carbocycles. The van der Waals surface area contributed by atoms with E-state index in [4.69, 9.17) is 5.73 Å². The van der Waals surface area contributed by atoms with E-state index >= 15 is 0 Å². The minimum atomic E-state index is -0.245. The third-order valence-electron chi connectivity index (χ3n) is 3.11. The van der Waals surface area contributed by atoms with Crippen molar-refractivity contribution in [2.45, 2.75) is 26.8 Å². The molecule has 2 amide bonds. The zero-order chi connectivity index (χ0) is 15.9.